The number of guanidine groups is 1. The van der Waals surface area contributed by atoms with Crippen LogP contribution in [0.3, 0.4) is 0 Å². The summed E-state index contributed by atoms with van der Waals surface area (Å²) in [7, 11) is 0. The summed E-state index contributed by atoms with van der Waals surface area (Å²) >= 11 is 1.70. The Labute approximate surface area is 159 Å². The van der Waals surface area contributed by atoms with Crippen molar-refractivity contribution in [3.8, 4) is 0 Å². The highest BCUT2D eigenvalue weighted by Crippen LogP contribution is 2.27. The topological polar surface area (TPSA) is 40.5 Å². The highest BCUT2D eigenvalue weighted by atomic mass is 127. The number of halogens is 1. The third-order valence-electron chi connectivity index (χ3n) is 3.77. The fourth-order valence-electron chi connectivity index (χ4n) is 2.75. The molecule has 6 heteroatoms. The van der Waals surface area contributed by atoms with Crippen molar-refractivity contribution in [3.63, 3.8) is 0 Å². The molecule has 2 aromatic rings. The van der Waals surface area contributed by atoms with Crippen molar-refractivity contribution in [1.29, 1.82) is 0 Å². The van der Waals surface area contributed by atoms with Gasteiger partial charge in [0.25, 0.3) is 0 Å². The Morgan fingerprint density at radius 3 is 2.96 bits per heavy atom. The molecule has 0 amide bonds. The van der Waals surface area contributed by atoms with Crippen molar-refractivity contribution >= 4 is 47.0 Å². The van der Waals surface area contributed by atoms with Gasteiger partial charge in [0.1, 0.15) is 0 Å². The van der Waals surface area contributed by atoms with Gasteiger partial charge in [-0.15, -0.1) is 35.3 Å². The minimum absolute atomic E-state index is 0. The van der Waals surface area contributed by atoms with E-state index in [0.717, 1.165) is 49.1 Å². The maximum Gasteiger partial charge on any atom is 0.198 e. The monoisotopic (exact) mass is 442 g/mol. The van der Waals surface area contributed by atoms with Gasteiger partial charge in [0.05, 0.1) is 10.7 Å². The lowest BCUT2D eigenvalue weighted by molar-refractivity contribution is 0.863. The molecule has 4 nitrogen and oxygen atoms in total. The summed E-state index contributed by atoms with van der Waals surface area (Å²) in [6, 6.07) is 8.59. The number of hydrogen-bond donors (Lipinski definition) is 1. The van der Waals surface area contributed by atoms with Gasteiger partial charge < -0.3 is 10.2 Å². The molecule has 0 saturated carbocycles. The van der Waals surface area contributed by atoms with Gasteiger partial charge in [-0.25, -0.2) is 4.98 Å². The Kier molecular flexibility index (Phi) is 6.83. The molecule has 0 radical (unpaired) electrons. The predicted octanol–water partition coefficient (Wildman–Crippen LogP) is 3.64. The number of nitrogens with zero attached hydrogens (tertiary/aromatic N) is 3. The van der Waals surface area contributed by atoms with E-state index in [0.29, 0.717) is 0 Å². The molecule has 1 aromatic carbocycles. The largest absolute Gasteiger partial charge is 0.356 e. The van der Waals surface area contributed by atoms with E-state index >= 15 is 0 Å². The summed E-state index contributed by atoms with van der Waals surface area (Å²) in [5.41, 5.74) is 3.83. The van der Waals surface area contributed by atoms with Crippen molar-refractivity contribution in [1.82, 2.24) is 10.3 Å². The van der Waals surface area contributed by atoms with E-state index in [-0.39, 0.29) is 24.0 Å². The fourth-order valence-corrected chi connectivity index (χ4v) is 3.40. The molecular weight excluding hydrogens is 419 g/mol. The van der Waals surface area contributed by atoms with Crippen LogP contribution < -0.4 is 10.2 Å². The smallest absolute Gasteiger partial charge is 0.198 e. The van der Waals surface area contributed by atoms with Gasteiger partial charge in [0.2, 0.25) is 0 Å². The molecular formula is C17H23IN4S. The Balaban J connectivity index is 0.00000192. The summed E-state index contributed by atoms with van der Waals surface area (Å²) in [6.45, 7) is 6.81. The van der Waals surface area contributed by atoms with Crippen molar-refractivity contribution in [3.05, 3.63) is 45.9 Å². The van der Waals surface area contributed by atoms with Crippen LogP contribution in [0, 0.1) is 6.92 Å². The maximum atomic E-state index is 4.79. The molecule has 1 aliphatic heterocycles. The van der Waals surface area contributed by atoms with E-state index in [1.165, 1.54) is 11.3 Å². The van der Waals surface area contributed by atoms with Gasteiger partial charge in [0, 0.05) is 37.1 Å². The second-order valence-corrected chi connectivity index (χ2v) is 6.44. The van der Waals surface area contributed by atoms with Crippen LogP contribution in [-0.2, 0) is 12.8 Å². The Morgan fingerprint density at radius 1 is 1.39 bits per heavy atom. The number of benzene rings is 1. The molecule has 1 aliphatic rings. The van der Waals surface area contributed by atoms with Crippen molar-refractivity contribution in [2.75, 3.05) is 24.5 Å². The fraction of sp³-hybridized carbons (Fsp3) is 0.412. The third-order valence-corrected chi connectivity index (χ3v) is 4.60. The number of thiazole rings is 1. The highest BCUT2D eigenvalue weighted by molar-refractivity contribution is 14.0. The van der Waals surface area contributed by atoms with Gasteiger partial charge in [-0.2, -0.15) is 0 Å². The van der Waals surface area contributed by atoms with E-state index < -0.39 is 0 Å². The van der Waals surface area contributed by atoms with Gasteiger partial charge >= 0.3 is 0 Å². The van der Waals surface area contributed by atoms with Crippen LogP contribution in [-0.4, -0.2) is 30.6 Å². The van der Waals surface area contributed by atoms with Crippen LogP contribution in [0.5, 0.6) is 0 Å². The molecule has 0 saturated heterocycles. The quantitative estimate of drug-likeness (QED) is 0.447. The molecule has 2 heterocycles. The number of aliphatic imine (C=N–C) groups is 1. The second kappa shape index (κ2) is 8.63. The number of aryl methyl sites for hydroxylation is 1. The molecule has 124 valence electrons. The van der Waals surface area contributed by atoms with Crippen LogP contribution in [0.25, 0.3) is 0 Å². The van der Waals surface area contributed by atoms with Gasteiger partial charge in [0.15, 0.2) is 5.96 Å². The Hall–Kier alpha value is -1.15. The highest BCUT2D eigenvalue weighted by Gasteiger charge is 2.22. The molecule has 0 fully saturated rings. The van der Waals surface area contributed by atoms with Crippen LogP contribution in [0.4, 0.5) is 5.69 Å². The van der Waals surface area contributed by atoms with E-state index in [9.17, 15) is 0 Å². The first-order valence-electron chi connectivity index (χ1n) is 7.82. The van der Waals surface area contributed by atoms with E-state index in [4.69, 9.17) is 4.99 Å². The number of rotatable bonds is 4. The van der Waals surface area contributed by atoms with Crippen molar-refractivity contribution < 1.29 is 0 Å². The summed E-state index contributed by atoms with van der Waals surface area (Å²) in [4.78, 5) is 11.6. The zero-order valence-corrected chi connectivity index (χ0v) is 16.7. The Bertz CT molecular complexity index is 668. The average molecular weight is 442 g/mol. The maximum absolute atomic E-state index is 4.79. The van der Waals surface area contributed by atoms with Crippen molar-refractivity contribution in [2.24, 2.45) is 4.99 Å². The molecule has 23 heavy (non-hydrogen) atoms. The van der Waals surface area contributed by atoms with Crippen LogP contribution in [0.2, 0.25) is 0 Å². The predicted molar refractivity (Wildman–Crippen MR) is 109 cm³/mol. The van der Waals surface area contributed by atoms with Crippen LogP contribution >= 0.6 is 35.3 Å². The lowest BCUT2D eigenvalue weighted by Gasteiger charge is -2.22. The minimum atomic E-state index is 0. The first kappa shape index (κ1) is 18.2. The molecule has 3 rings (SSSR count). The number of aromatic nitrogens is 1. The standard InChI is InChI=1S/C17H22N4S.HI/c1-3-18-17(19-10-8-15-12-22-13(2)20-15)21-11-9-14-6-4-5-7-16(14)21;/h4-7,12H,3,8-11H2,1-2H3,(H,18,19);1H. The van der Waals surface area contributed by atoms with Crippen LogP contribution in [0.1, 0.15) is 23.2 Å². The zero-order valence-electron chi connectivity index (χ0n) is 13.6. The summed E-state index contributed by atoms with van der Waals surface area (Å²) in [6.07, 6.45) is 1.99. The lowest BCUT2D eigenvalue weighted by Crippen LogP contribution is -2.40. The normalized spacial score (nSPS) is 13.7. The number of para-hydroxylation sites is 1. The van der Waals surface area contributed by atoms with E-state index in [2.05, 4.69) is 51.8 Å². The number of hydrogen-bond acceptors (Lipinski definition) is 3. The number of nitrogens with one attached hydrogen (secondary N) is 1. The third kappa shape index (κ3) is 4.44. The molecule has 0 spiro atoms. The van der Waals surface area contributed by atoms with Gasteiger partial charge in [-0.1, -0.05) is 18.2 Å². The van der Waals surface area contributed by atoms with Gasteiger partial charge in [-0.05, 0) is 31.9 Å². The average Bonchev–Trinajstić information content (AvgIpc) is 3.13. The lowest BCUT2D eigenvalue weighted by atomic mass is 10.2. The van der Waals surface area contributed by atoms with Crippen LogP contribution in [0.15, 0.2) is 34.6 Å². The van der Waals surface area contributed by atoms with E-state index in [1.807, 2.05) is 6.92 Å². The molecule has 0 bridgehead atoms. The van der Waals surface area contributed by atoms with E-state index in [1.54, 1.807) is 11.3 Å². The molecule has 1 N–H and O–H groups in total. The molecule has 0 unspecified atom stereocenters. The number of fused-ring (bicyclic) bond motifs is 1. The summed E-state index contributed by atoms with van der Waals surface area (Å²) in [5.74, 6) is 0.986. The SMILES string of the molecule is CCNC(=NCCc1csc(C)n1)N1CCc2ccccc21.I. The number of anilines is 1. The first-order valence-corrected chi connectivity index (χ1v) is 8.70. The van der Waals surface area contributed by atoms with Gasteiger partial charge in [-0.3, -0.25) is 4.99 Å². The second-order valence-electron chi connectivity index (χ2n) is 5.37. The molecule has 1 aromatic heterocycles. The molecule has 0 atom stereocenters. The molecule has 0 aliphatic carbocycles. The zero-order chi connectivity index (χ0) is 15.4. The summed E-state index contributed by atoms with van der Waals surface area (Å²) < 4.78 is 0. The minimum Gasteiger partial charge on any atom is -0.356 e. The van der Waals surface area contributed by atoms with Crippen molar-refractivity contribution in [2.45, 2.75) is 26.7 Å². The summed E-state index contributed by atoms with van der Waals surface area (Å²) in [5, 5.41) is 6.67. The first-order chi connectivity index (χ1) is 10.8. The Morgan fingerprint density at radius 2 is 2.22 bits per heavy atom.